The molecule has 0 spiro atoms. The number of hydrogen-bond donors (Lipinski definition) is 1. The average Bonchev–Trinajstić information content (AvgIpc) is 2.15. The number of rotatable bonds is 4. The fourth-order valence-electron chi connectivity index (χ4n) is 2.31. The molecule has 0 unspecified atom stereocenters. The van der Waals surface area contributed by atoms with E-state index in [1.165, 1.54) is 31.7 Å². The zero-order chi connectivity index (χ0) is 11.5. The van der Waals surface area contributed by atoms with E-state index in [0.717, 1.165) is 6.54 Å². The highest BCUT2D eigenvalue weighted by atomic mass is 32.2. The Morgan fingerprint density at radius 3 is 2.40 bits per heavy atom. The van der Waals surface area contributed by atoms with Crippen molar-refractivity contribution in [2.45, 2.75) is 50.8 Å². The number of hydrogen-bond acceptors (Lipinski definition) is 3. The Morgan fingerprint density at radius 2 is 1.93 bits per heavy atom. The molecule has 3 heteroatoms. The van der Waals surface area contributed by atoms with Gasteiger partial charge in [-0.25, -0.2) is 0 Å². The fourth-order valence-corrected chi connectivity index (χ4v) is 3.78. The van der Waals surface area contributed by atoms with Crippen molar-refractivity contribution in [2.75, 3.05) is 25.4 Å². The highest BCUT2D eigenvalue weighted by molar-refractivity contribution is 8.00. The Morgan fingerprint density at radius 1 is 1.33 bits per heavy atom. The van der Waals surface area contributed by atoms with E-state index >= 15 is 0 Å². The van der Waals surface area contributed by atoms with Crippen molar-refractivity contribution in [2.24, 2.45) is 5.73 Å². The molecule has 1 saturated heterocycles. The smallest absolute Gasteiger partial charge is 0.0282 e. The van der Waals surface area contributed by atoms with Gasteiger partial charge in [-0.3, -0.25) is 4.90 Å². The molecule has 15 heavy (non-hydrogen) atoms. The molecule has 1 heterocycles. The van der Waals surface area contributed by atoms with Crippen molar-refractivity contribution < 1.29 is 0 Å². The lowest BCUT2D eigenvalue weighted by Gasteiger charge is -2.43. The van der Waals surface area contributed by atoms with Crippen molar-refractivity contribution in [3.8, 4) is 0 Å². The molecule has 2 N–H and O–H groups in total. The molecule has 0 atom stereocenters. The van der Waals surface area contributed by atoms with Gasteiger partial charge in [-0.2, -0.15) is 11.8 Å². The van der Waals surface area contributed by atoms with Gasteiger partial charge in [0.2, 0.25) is 0 Å². The van der Waals surface area contributed by atoms with Crippen LogP contribution in [0.2, 0.25) is 0 Å². The molecule has 0 aromatic carbocycles. The maximum absolute atomic E-state index is 6.09. The van der Waals surface area contributed by atoms with Gasteiger partial charge in [0, 0.05) is 35.7 Å². The van der Waals surface area contributed by atoms with Crippen molar-refractivity contribution in [1.82, 2.24) is 4.90 Å². The third-order valence-corrected chi connectivity index (χ3v) is 4.95. The molecule has 0 radical (unpaired) electrons. The first-order valence-corrected chi connectivity index (χ1v) is 7.04. The van der Waals surface area contributed by atoms with Crippen LogP contribution < -0.4 is 5.73 Å². The third-order valence-electron chi connectivity index (χ3n) is 3.25. The summed E-state index contributed by atoms with van der Waals surface area (Å²) in [5.74, 6) is 1.26. The van der Waals surface area contributed by atoms with Crippen LogP contribution in [0, 0.1) is 0 Å². The Hall–Kier alpha value is 0.270. The first-order valence-electron chi connectivity index (χ1n) is 6.06. The van der Waals surface area contributed by atoms with E-state index in [4.69, 9.17) is 5.73 Å². The number of nitrogens with zero attached hydrogens (tertiary/aromatic N) is 1. The summed E-state index contributed by atoms with van der Waals surface area (Å²) in [4.78, 5) is 2.55. The highest BCUT2D eigenvalue weighted by Crippen LogP contribution is 2.36. The van der Waals surface area contributed by atoms with Gasteiger partial charge in [-0.1, -0.05) is 13.8 Å². The molecule has 1 fully saturated rings. The minimum absolute atomic E-state index is 0.0603. The molecule has 0 aliphatic carbocycles. The van der Waals surface area contributed by atoms with Crippen LogP contribution in [0.4, 0.5) is 0 Å². The lowest BCUT2D eigenvalue weighted by molar-refractivity contribution is 0.203. The molecule has 0 saturated carbocycles. The Kier molecular flexibility index (Phi) is 4.50. The maximum Gasteiger partial charge on any atom is 0.0282 e. The van der Waals surface area contributed by atoms with Crippen LogP contribution in [0.25, 0.3) is 0 Å². The monoisotopic (exact) mass is 230 g/mol. The molecule has 2 nitrogen and oxygen atoms in total. The first-order chi connectivity index (χ1) is 6.91. The van der Waals surface area contributed by atoms with E-state index in [1.807, 2.05) is 0 Å². The van der Waals surface area contributed by atoms with E-state index in [9.17, 15) is 0 Å². The molecule has 1 rings (SSSR count). The summed E-state index contributed by atoms with van der Waals surface area (Å²) in [5, 5.41) is 0. The molecule has 0 bridgehead atoms. The molecule has 1 aliphatic rings. The summed E-state index contributed by atoms with van der Waals surface area (Å²) in [5.41, 5.74) is 6.03. The molecule has 0 amide bonds. The average molecular weight is 230 g/mol. The van der Waals surface area contributed by atoms with Gasteiger partial charge in [-0.15, -0.1) is 0 Å². The summed E-state index contributed by atoms with van der Waals surface area (Å²) in [7, 11) is 0. The van der Waals surface area contributed by atoms with E-state index in [2.05, 4.69) is 44.4 Å². The first kappa shape index (κ1) is 13.3. The maximum atomic E-state index is 6.09. The van der Waals surface area contributed by atoms with Crippen LogP contribution in [-0.2, 0) is 0 Å². The lowest BCUT2D eigenvalue weighted by Crippen LogP contribution is -2.53. The Labute approximate surface area is 99.0 Å². The largest absolute Gasteiger partial charge is 0.324 e. The number of nitrogens with two attached hydrogens (primary N) is 1. The molecular formula is C12H26N2S. The van der Waals surface area contributed by atoms with Crippen molar-refractivity contribution in [1.29, 1.82) is 0 Å². The van der Waals surface area contributed by atoms with Gasteiger partial charge < -0.3 is 5.73 Å². The Bertz CT molecular complexity index is 194. The number of thioether (sulfide) groups is 1. The van der Waals surface area contributed by atoms with Gasteiger partial charge in [0.1, 0.15) is 0 Å². The van der Waals surface area contributed by atoms with Crippen LogP contribution in [0.1, 0.15) is 40.5 Å². The van der Waals surface area contributed by atoms with Crippen molar-refractivity contribution in [3.05, 3.63) is 0 Å². The Balaban J connectivity index is 2.55. The second-order valence-corrected chi connectivity index (χ2v) is 7.00. The summed E-state index contributed by atoms with van der Waals surface area (Å²) in [6, 6.07) is 0. The minimum Gasteiger partial charge on any atom is -0.324 e. The zero-order valence-corrected chi connectivity index (χ0v) is 11.5. The lowest BCUT2D eigenvalue weighted by atomic mass is 9.99. The van der Waals surface area contributed by atoms with E-state index in [-0.39, 0.29) is 5.54 Å². The second-order valence-electron chi connectivity index (χ2n) is 5.44. The molecular weight excluding hydrogens is 204 g/mol. The van der Waals surface area contributed by atoms with Crippen LogP contribution >= 0.6 is 11.8 Å². The van der Waals surface area contributed by atoms with Crippen LogP contribution in [0.5, 0.6) is 0 Å². The van der Waals surface area contributed by atoms with Gasteiger partial charge >= 0.3 is 0 Å². The minimum atomic E-state index is -0.0603. The molecule has 90 valence electrons. The summed E-state index contributed by atoms with van der Waals surface area (Å²) < 4.78 is 0.490. The fraction of sp³-hybridized carbons (Fsp3) is 1.00. The topological polar surface area (TPSA) is 29.3 Å². The standard InChI is InChI=1S/C12H26N2S/c1-5-12(6-2)10-14(7-8-15-12)9-11(3,4)13/h5-10,13H2,1-4H3. The summed E-state index contributed by atoms with van der Waals surface area (Å²) >= 11 is 2.16. The zero-order valence-electron chi connectivity index (χ0n) is 10.7. The van der Waals surface area contributed by atoms with Gasteiger partial charge in [0.25, 0.3) is 0 Å². The highest BCUT2D eigenvalue weighted by Gasteiger charge is 2.34. The molecule has 0 aromatic heterocycles. The van der Waals surface area contributed by atoms with Crippen molar-refractivity contribution in [3.63, 3.8) is 0 Å². The van der Waals surface area contributed by atoms with Gasteiger partial charge in [0.15, 0.2) is 0 Å². The predicted molar refractivity (Wildman–Crippen MR) is 70.5 cm³/mol. The SMILES string of the molecule is CCC1(CC)CN(CC(C)(C)N)CCS1. The molecule has 0 aromatic rings. The predicted octanol–water partition coefficient (Wildman–Crippen LogP) is 2.33. The van der Waals surface area contributed by atoms with Crippen LogP contribution in [0.15, 0.2) is 0 Å². The summed E-state index contributed by atoms with van der Waals surface area (Å²) in [6.45, 7) is 12.3. The quantitative estimate of drug-likeness (QED) is 0.804. The van der Waals surface area contributed by atoms with Crippen molar-refractivity contribution >= 4 is 11.8 Å². The van der Waals surface area contributed by atoms with E-state index < -0.39 is 0 Å². The van der Waals surface area contributed by atoms with Gasteiger partial charge in [-0.05, 0) is 26.7 Å². The third kappa shape index (κ3) is 3.97. The van der Waals surface area contributed by atoms with Crippen LogP contribution in [0.3, 0.4) is 0 Å². The summed E-state index contributed by atoms with van der Waals surface area (Å²) in [6.07, 6.45) is 2.55. The normalized spacial score (nSPS) is 23.0. The second kappa shape index (κ2) is 5.07. The van der Waals surface area contributed by atoms with Gasteiger partial charge in [0.05, 0.1) is 0 Å². The van der Waals surface area contributed by atoms with E-state index in [0.29, 0.717) is 4.75 Å². The van der Waals surface area contributed by atoms with Crippen LogP contribution in [-0.4, -0.2) is 40.6 Å². The van der Waals surface area contributed by atoms with E-state index in [1.54, 1.807) is 0 Å². The molecule has 1 aliphatic heterocycles.